The van der Waals surface area contributed by atoms with Crippen LogP contribution in [0.5, 0.6) is 0 Å². The Balaban J connectivity index is 3.01. The van der Waals surface area contributed by atoms with Crippen molar-refractivity contribution in [2.24, 2.45) is 0 Å². The maximum atomic E-state index is 12.9. The Hall–Kier alpha value is -1.03. The lowest BCUT2D eigenvalue weighted by atomic mass is 9.95. The summed E-state index contributed by atoms with van der Waals surface area (Å²) in [5.41, 5.74) is 0. The molecule has 1 rings (SSSR count). The van der Waals surface area contributed by atoms with E-state index in [0.29, 0.717) is 19.8 Å². The van der Waals surface area contributed by atoms with E-state index in [1.54, 1.807) is 6.08 Å². The summed E-state index contributed by atoms with van der Waals surface area (Å²) in [7, 11) is 0. The normalized spacial score (nSPS) is 26.2. The average molecular weight is 474 g/mol. The third kappa shape index (κ3) is 11.3. The molecule has 1 fully saturated rings. The summed E-state index contributed by atoms with van der Waals surface area (Å²) in [4.78, 5) is 12.9. The molecule has 1 amide bonds. The van der Waals surface area contributed by atoms with Gasteiger partial charge in [0.15, 0.2) is 6.29 Å². The first-order valence-corrected chi connectivity index (χ1v) is 12.6. The van der Waals surface area contributed by atoms with Crippen molar-refractivity contribution in [3.63, 3.8) is 0 Å². The van der Waals surface area contributed by atoms with Crippen molar-refractivity contribution in [2.45, 2.75) is 109 Å². The van der Waals surface area contributed by atoms with Crippen molar-refractivity contribution in [3.8, 4) is 0 Å². The molecule has 1 saturated heterocycles. The Labute approximate surface area is 200 Å². The van der Waals surface area contributed by atoms with E-state index in [-0.39, 0.29) is 31.6 Å². The number of carbonyl (C=O) groups is 1. The number of ether oxygens (including phenoxy) is 5. The van der Waals surface area contributed by atoms with Crippen LogP contribution in [0.25, 0.3) is 0 Å². The first kappa shape index (κ1) is 30.0. The molecule has 0 aromatic heterocycles. The quantitative estimate of drug-likeness (QED) is 0.219. The lowest BCUT2D eigenvalue weighted by molar-refractivity contribution is -0.282. The maximum absolute atomic E-state index is 12.9. The van der Waals surface area contributed by atoms with Gasteiger partial charge in [-0.05, 0) is 26.2 Å². The molecule has 0 spiro atoms. The molecule has 33 heavy (non-hydrogen) atoms. The highest BCUT2D eigenvalue weighted by Gasteiger charge is 2.48. The molecule has 0 aliphatic carbocycles. The van der Waals surface area contributed by atoms with E-state index in [2.05, 4.69) is 32.7 Å². The smallest absolute Gasteiger partial charge is 0.223 e. The molecule has 8 heteroatoms. The zero-order valence-corrected chi connectivity index (χ0v) is 21.1. The molecule has 0 saturated carbocycles. The van der Waals surface area contributed by atoms with Gasteiger partial charge in [0.1, 0.15) is 24.4 Å². The van der Waals surface area contributed by atoms with Crippen LogP contribution in [0, 0.1) is 0 Å². The summed E-state index contributed by atoms with van der Waals surface area (Å²) < 4.78 is 30.0. The van der Waals surface area contributed by atoms with Gasteiger partial charge in [0.25, 0.3) is 0 Å². The third-order valence-electron chi connectivity index (χ3n) is 5.52. The number of aliphatic hydroxyl groups is 1. The van der Waals surface area contributed by atoms with E-state index in [0.717, 1.165) is 38.5 Å². The number of hydrogen-bond donors (Lipinski definition) is 2. The zero-order valence-electron chi connectivity index (χ0n) is 21.1. The van der Waals surface area contributed by atoms with Crippen LogP contribution < -0.4 is 5.32 Å². The van der Waals surface area contributed by atoms with Gasteiger partial charge >= 0.3 is 0 Å². The van der Waals surface area contributed by atoms with Crippen LogP contribution in [0.4, 0.5) is 0 Å². The van der Waals surface area contributed by atoms with Crippen LogP contribution >= 0.6 is 0 Å². The van der Waals surface area contributed by atoms with Crippen LogP contribution in [-0.2, 0) is 28.5 Å². The molecular formula is C25H47NO7. The minimum atomic E-state index is -0.793. The number of hydrogen-bond acceptors (Lipinski definition) is 7. The molecule has 8 nitrogen and oxygen atoms in total. The van der Waals surface area contributed by atoms with E-state index in [4.69, 9.17) is 23.7 Å². The molecular weight excluding hydrogens is 426 g/mol. The molecule has 1 aliphatic rings. The minimum Gasteiger partial charge on any atom is -0.394 e. The largest absolute Gasteiger partial charge is 0.394 e. The minimum absolute atomic E-state index is 0.168. The molecule has 194 valence electrons. The van der Waals surface area contributed by atoms with E-state index >= 15 is 0 Å². The average Bonchev–Trinajstić information content (AvgIpc) is 2.80. The van der Waals surface area contributed by atoms with Crippen molar-refractivity contribution in [1.29, 1.82) is 0 Å². The predicted molar refractivity (Wildman–Crippen MR) is 128 cm³/mol. The Morgan fingerprint density at radius 1 is 1.03 bits per heavy atom. The monoisotopic (exact) mass is 473 g/mol. The second-order valence-electron chi connectivity index (χ2n) is 8.56. The molecule has 1 aliphatic heterocycles. The molecule has 0 aromatic rings. The second-order valence-corrected chi connectivity index (χ2v) is 8.56. The Morgan fingerprint density at radius 3 is 2.21 bits per heavy atom. The molecule has 0 radical (unpaired) electrons. The molecule has 1 heterocycles. The summed E-state index contributed by atoms with van der Waals surface area (Å²) in [6.45, 7) is 13.6. The lowest BCUT2D eigenvalue weighted by Crippen LogP contribution is -2.66. The summed E-state index contributed by atoms with van der Waals surface area (Å²) in [5, 5.41) is 13.1. The number of amides is 1. The van der Waals surface area contributed by atoms with E-state index in [9.17, 15) is 9.90 Å². The van der Waals surface area contributed by atoms with Crippen LogP contribution in [0.1, 0.15) is 72.6 Å². The van der Waals surface area contributed by atoms with Gasteiger partial charge in [-0.15, -0.1) is 6.58 Å². The van der Waals surface area contributed by atoms with Crippen molar-refractivity contribution in [2.75, 3.05) is 33.0 Å². The van der Waals surface area contributed by atoms with Crippen molar-refractivity contribution in [3.05, 3.63) is 12.7 Å². The number of nitrogens with one attached hydrogen (secondary N) is 1. The van der Waals surface area contributed by atoms with E-state index < -0.39 is 30.6 Å². The SMILES string of the molecule is C=CCOC1OC(CO)C(OCCCC)C(OCCCC)C1NC(=O)C[C@@H](C)OCCCC. The van der Waals surface area contributed by atoms with Crippen molar-refractivity contribution < 1.29 is 33.6 Å². The van der Waals surface area contributed by atoms with Gasteiger partial charge in [-0.25, -0.2) is 0 Å². The highest BCUT2D eigenvalue weighted by atomic mass is 16.7. The first-order valence-electron chi connectivity index (χ1n) is 12.6. The number of carbonyl (C=O) groups excluding carboxylic acids is 1. The number of unbranched alkanes of at least 4 members (excludes halogenated alkanes) is 3. The summed E-state index contributed by atoms with van der Waals surface area (Å²) in [5.74, 6) is -0.168. The maximum Gasteiger partial charge on any atom is 0.223 e. The summed E-state index contributed by atoms with van der Waals surface area (Å²) >= 11 is 0. The van der Waals surface area contributed by atoms with E-state index in [1.165, 1.54) is 0 Å². The van der Waals surface area contributed by atoms with Crippen LogP contribution in [0.3, 0.4) is 0 Å². The molecule has 5 unspecified atom stereocenters. The van der Waals surface area contributed by atoms with Gasteiger partial charge in [0, 0.05) is 19.8 Å². The molecule has 6 atom stereocenters. The van der Waals surface area contributed by atoms with Crippen LogP contribution in [-0.4, -0.2) is 80.8 Å². The number of rotatable bonds is 19. The number of aliphatic hydroxyl groups excluding tert-OH is 1. The van der Waals surface area contributed by atoms with Gasteiger partial charge in [-0.1, -0.05) is 46.1 Å². The Kier molecular flexibility index (Phi) is 16.7. The zero-order chi connectivity index (χ0) is 24.5. The third-order valence-corrected chi connectivity index (χ3v) is 5.52. The first-order chi connectivity index (χ1) is 16.0. The fraction of sp³-hybridized carbons (Fsp3) is 0.880. The van der Waals surface area contributed by atoms with Gasteiger partial charge in [0.2, 0.25) is 5.91 Å². The topological polar surface area (TPSA) is 95.5 Å². The van der Waals surface area contributed by atoms with Gasteiger partial charge < -0.3 is 34.1 Å². The summed E-state index contributed by atoms with van der Waals surface area (Å²) in [6, 6.07) is -0.591. The van der Waals surface area contributed by atoms with Crippen LogP contribution in [0.15, 0.2) is 12.7 Å². The lowest BCUT2D eigenvalue weighted by Gasteiger charge is -2.46. The molecule has 2 N–H and O–H groups in total. The fourth-order valence-electron chi connectivity index (χ4n) is 3.63. The van der Waals surface area contributed by atoms with Crippen molar-refractivity contribution >= 4 is 5.91 Å². The standard InChI is InChI=1S/C25H47NO7/c1-6-10-14-29-19(5)17-21(28)26-22-24(31-16-12-8-3)23(30-15-11-7-2)20(18-27)33-25(22)32-13-9-4/h9,19-20,22-25,27H,4,6-8,10-18H2,1-3,5H3,(H,26,28)/t19-,20?,22?,23?,24?,25?/m1/s1. The van der Waals surface area contributed by atoms with Gasteiger partial charge in [-0.3, -0.25) is 4.79 Å². The van der Waals surface area contributed by atoms with Gasteiger partial charge in [-0.2, -0.15) is 0 Å². The highest BCUT2D eigenvalue weighted by Crippen LogP contribution is 2.27. The molecule has 0 bridgehead atoms. The van der Waals surface area contributed by atoms with Crippen LogP contribution in [0.2, 0.25) is 0 Å². The van der Waals surface area contributed by atoms with Gasteiger partial charge in [0.05, 0.1) is 25.7 Å². The molecule has 0 aromatic carbocycles. The highest BCUT2D eigenvalue weighted by molar-refractivity contribution is 5.76. The summed E-state index contributed by atoms with van der Waals surface area (Å²) in [6.07, 6.45) is 4.93. The second kappa shape index (κ2) is 18.3. The fourth-order valence-corrected chi connectivity index (χ4v) is 3.63. The van der Waals surface area contributed by atoms with E-state index in [1.807, 2.05) is 6.92 Å². The Bertz CT molecular complexity index is 519. The van der Waals surface area contributed by atoms with Crippen molar-refractivity contribution in [1.82, 2.24) is 5.32 Å². The predicted octanol–water partition coefficient (Wildman–Crippen LogP) is 3.36. The Morgan fingerprint density at radius 2 is 1.64 bits per heavy atom.